The van der Waals surface area contributed by atoms with Crippen LogP contribution in [0, 0.1) is 0 Å². The van der Waals surface area contributed by atoms with E-state index in [1.807, 2.05) is 18.2 Å². The lowest BCUT2D eigenvalue weighted by molar-refractivity contribution is -0.424. The molecule has 0 bridgehead atoms. The number of halogens is 2. The zero-order valence-electron chi connectivity index (χ0n) is 10.1. The summed E-state index contributed by atoms with van der Waals surface area (Å²) < 4.78 is 4.77. The van der Waals surface area contributed by atoms with Gasteiger partial charge in [0.05, 0.1) is 0 Å². The third-order valence-corrected chi connectivity index (χ3v) is 2.32. The first-order valence-electron chi connectivity index (χ1n) is 5.28. The van der Waals surface area contributed by atoms with E-state index in [1.54, 1.807) is 11.4 Å². The van der Waals surface area contributed by atoms with Crippen molar-refractivity contribution >= 4 is 23.7 Å². The van der Waals surface area contributed by atoms with Gasteiger partial charge in [-0.15, -0.1) is 0 Å². The van der Waals surface area contributed by atoms with Crippen molar-refractivity contribution in [2.24, 2.45) is 5.73 Å². The largest absolute Gasteiger partial charge is 1.00 e. The Morgan fingerprint density at radius 3 is 2.74 bits per heavy atom. The van der Waals surface area contributed by atoms with Crippen molar-refractivity contribution in [2.45, 2.75) is 12.5 Å². The molecule has 1 rings (SSSR count). The molecule has 1 unspecified atom stereocenters. The van der Waals surface area contributed by atoms with Crippen molar-refractivity contribution in [3.63, 3.8) is 0 Å². The van der Waals surface area contributed by atoms with Crippen LogP contribution in [0.5, 0.6) is 0 Å². The minimum atomic E-state index is -0.949. The Bertz CT molecular complexity index is 443. The summed E-state index contributed by atoms with van der Waals surface area (Å²) in [6, 6.07) is 6.26. The van der Waals surface area contributed by atoms with Gasteiger partial charge in [0.25, 0.3) is 0 Å². The molecule has 0 aliphatic heterocycles. The molecule has 0 aliphatic carbocycles. The van der Waals surface area contributed by atoms with Crippen LogP contribution in [0.4, 0.5) is 9.59 Å². The highest BCUT2D eigenvalue weighted by Crippen LogP contribution is 2.11. The third-order valence-electron chi connectivity index (χ3n) is 2.09. The number of imide groups is 1. The van der Waals surface area contributed by atoms with E-state index in [0.717, 1.165) is 5.56 Å². The normalized spacial score (nSPS) is 11.1. The molecule has 1 aromatic carbocycles. The fourth-order valence-corrected chi connectivity index (χ4v) is 1.60. The number of urea groups is 1. The molecule has 106 valence electrons. The molecular weight excluding hydrogens is 293 g/mol. The van der Waals surface area contributed by atoms with Gasteiger partial charge < -0.3 is 28.6 Å². The quantitative estimate of drug-likeness (QED) is 0.563. The number of primary amides is 1. The van der Waals surface area contributed by atoms with Gasteiger partial charge in [0.15, 0.2) is 0 Å². The summed E-state index contributed by atoms with van der Waals surface area (Å²) in [7, 11) is 0. The number of carbonyl (C=O) groups excluding carboxylic acids is 2. The molecule has 1 atom stereocenters. The zero-order chi connectivity index (χ0) is 13.5. The summed E-state index contributed by atoms with van der Waals surface area (Å²) >= 11 is 5.85. The van der Waals surface area contributed by atoms with Crippen molar-refractivity contribution in [3.8, 4) is 0 Å². The van der Waals surface area contributed by atoms with Gasteiger partial charge in [-0.1, -0.05) is 23.7 Å². The van der Waals surface area contributed by atoms with Crippen LogP contribution in [0.1, 0.15) is 5.56 Å². The number of alkyl carbamates (subject to hydrolysis) is 1. The van der Waals surface area contributed by atoms with E-state index in [2.05, 4.69) is 5.73 Å². The molecule has 6 nitrogen and oxygen atoms in total. The summed E-state index contributed by atoms with van der Waals surface area (Å²) in [5.74, 6) is 0. The number of nitrogens with two attached hydrogens (primary N) is 1. The van der Waals surface area contributed by atoms with Gasteiger partial charge in [-0.3, -0.25) is 0 Å². The standard InChI is InChI=1S/C11H14ClN3O3.ClH/c12-8-3-1-2-7(4-8)5-9(13)6-18-11(17)15-10(14)16;/h1-4,9H,5-6,13H2,(H3,14,15,16,17);1H. The molecule has 19 heavy (non-hydrogen) atoms. The molecule has 0 radical (unpaired) electrons. The Morgan fingerprint density at radius 2 is 2.16 bits per heavy atom. The van der Waals surface area contributed by atoms with Crippen LogP contribution in [0.2, 0.25) is 5.02 Å². The van der Waals surface area contributed by atoms with Crippen LogP contribution in [0.15, 0.2) is 24.3 Å². The molecule has 3 amide bonds. The van der Waals surface area contributed by atoms with Crippen molar-refractivity contribution in [3.05, 3.63) is 34.9 Å². The van der Waals surface area contributed by atoms with Crippen LogP contribution in [0.3, 0.4) is 0 Å². The van der Waals surface area contributed by atoms with Crippen molar-refractivity contribution in [1.82, 2.24) is 5.32 Å². The number of nitrogens with one attached hydrogen (secondary N) is 1. The molecule has 0 spiro atoms. The number of quaternary nitrogens is 1. The molecule has 0 saturated heterocycles. The van der Waals surface area contributed by atoms with Gasteiger partial charge in [-0.25, -0.2) is 14.9 Å². The monoisotopic (exact) mass is 307 g/mol. The zero-order valence-corrected chi connectivity index (χ0v) is 11.6. The average Bonchev–Trinajstić information content (AvgIpc) is 2.25. The molecule has 0 aromatic heterocycles. The Kier molecular flexibility index (Phi) is 7.90. The van der Waals surface area contributed by atoms with E-state index in [1.165, 1.54) is 0 Å². The first kappa shape index (κ1) is 17.5. The fourth-order valence-electron chi connectivity index (χ4n) is 1.39. The van der Waals surface area contributed by atoms with E-state index in [0.29, 0.717) is 11.4 Å². The number of ether oxygens (including phenoxy) is 1. The SMILES string of the molecule is NC(=O)NC(=O)OCC([NH3+])Cc1cccc(Cl)c1.[Cl-]. The number of amides is 3. The number of hydrogen-bond acceptors (Lipinski definition) is 3. The predicted molar refractivity (Wildman–Crippen MR) is 65.9 cm³/mol. The van der Waals surface area contributed by atoms with Gasteiger partial charge in [-0.05, 0) is 17.7 Å². The summed E-state index contributed by atoms with van der Waals surface area (Å²) in [5.41, 5.74) is 9.61. The maximum Gasteiger partial charge on any atom is 0.415 e. The van der Waals surface area contributed by atoms with Crippen molar-refractivity contribution in [2.75, 3.05) is 6.61 Å². The van der Waals surface area contributed by atoms with E-state index >= 15 is 0 Å². The molecule has 0 heterocycles. The van der Waals surface area contributed by atoms with Gasteiger partial charge in [0.1, 0.15) is 12.6 Å². The summed E-state index contributed by atoms with van der Waals surface area (Å²) in [6.07, 6.45) is -0.257. The Hall–Kier alpha value is -1.50. The van der Waals surface area contributed by atoms with Crippen LogP contribution < -0.4 is 29.2 Å². The minimum absolute atomic E-state index is 0. The first-order chi connectivity index (χ1) is 8.47. The van der Waals surface area contributed by atoms with E-state index in [-0.39, 0.29) is 25.1 Å². The Balaban J connectivity index is 0.00000324. The van der Waals surface area contributed by atoms with Crippen LogP contribution in [-0.4, -0.2) is 24.8 Å². The lowest BCUT2D eigenvalue weighted by Gasteiger charge is -2.09. The second-order valence-corrected chi connectivity index (χ2v) is 4.22. The molecule has 0 aliphatic rings. The maximum atomic E-state index is 11.0. The van der Waals surface area contributed by atoms with Gasteiger partial charge in [-0.2, -0.15) is 0 Å². The van der Waals surface area contributed by atoms with Gasteiger partial charge >= 0.3 is 12.1 Å². The van der Waals surface area contributed by atoms with E-state index in [9.17, 15) is 9.59 Å². The Morgan fingerprint density at radius 1 is 1.47 bits per heavy atom. The highest BCUT2D eigenvalue weighted by molar-refractivity contribution is 6.30. The first-order valence-corrected chi connectivity index (χ1v) is 5.66. The lowest BCUT2D eigenvalue weighted by atomic mass is 10.1. The van der Waals surface area contributed by atoms with E-state index in [4.69, 9.17) is 22.1 Å². The van der Waals surface area contributed by atoms with E-state index < -0.39 is 12.1 Å². The number of rotatable bonds is 4. The average molecular weight is 308 g/mol. The molecule has 1 aromatic rings. The van der Waals surface area contributed by atoms with Gasteiger partial charge in [0, 0.05) is 11.4 Å². The van der Waals surface area contributed by atoms with Crippen molar-refractivity contribution < 1.29 is 32.5 Å². The smallest absolute Gasteiger partial charge is 0.415 e. The highest BCUT2D eigenvalue weighted by atomic mass is 35.5. The molecule has 6 N–H and O–H groups in total. The lowest BCUT2D eigenvalue weighted by Crippen LogP contribution is -3.00. The topological polar surface area (TPSA) is 109 Å². The molecule has 0 fully saturated rings. The fraction of sp³-hybridized carbons (Fsp3) is 0.273. The second-order valence-electron chi connectivity index (χ2n) is 3.79. The second kappa shape index (κ2) is 8.58. The summed E-state index contributed by atoms with van der Waals surface area (Å²) in [4.78, 5) is 21.3. The highest BCUT2D eigenvalue weighted by Gasteiger charge is 2.12. The van der Waals surface area contributed by atoms with Crippen LogP contribution >= 0.6 is 11.6 Å². The molecular formula is C11H15Cl2N3O3. The summed E-state index contributed by atoms with van der Waals surface area (Å²) in [6.45, 7) is 0.0889. The van der Waals surface area contributed by atoms with Crippen LogP contribution in [0.25, 0.3) is 0 Å². The van der Waals surface area contributed by atoms with Crippen LogP contribution in [-0.2, 0) is 11.2 Å². The Labute approximate surface area is 121 Å². The third kappa shape index (κ3) is 7.50. The summed E-state index contributed by atoms with van der Waals surface area (Å²) in [5, 5.41) is 2.45. The predicted octanol–water partition coefficient (Wildman–Crippen LogP) is -2.70. The number of hydrogen-bond donors (Lipinski definition) is 3. The minimum Gasteiger partial charge on any atom is -1.00 e. The van der Waals surface area contributed by atoms with Crippen molar-refractivity contribution in [1.29, 1.82) is 0 Å². The number of benzene rings is 1. The molecule has 0 saturated carbocycles. The van der Waals surface area contributed by atoms with Gasteiger partial charge in [0.2, 0.25) is 0 Å². The maximum absolute atomic E-state index is 11.0. The number of carbonyl (C=O) groups is 2. The molecule has 8 heteroatoms.